The molecule has 66 heavy (non-hydrogen) atoms. The van der Waals surface area contributed by atoms with Gasteiger partial charge in [0, 0.05) is 67.0 Å². The van der Waals surface area contributed by atoms with Crippen LogP contribution >= 0.6 is 0 Å². The van der Waals surface area contributed by atoms with E-state index in [-0.39, 0.29) is 54.0 Å². The third-order valence-corrected chi connectivity index (χ3v) is 15.1. The predicted molar refractivity (Wildman–Crippen MR) is 255 cm³/mol. The summed E-state index contributed by atoms with van der Waals surface area (Å²) in [6.45, 7) is 14.8. The van der Waals surface area contributed by atoms with Gasteiger partial charge in [0.25, 0.3) is 5.91 Å². The number of carbonyl (C=O) groups excluding carboxylic acids is 4. The number of halogens is 1. The highest BCUT2D eigenvalue weighted by molar-refractivity contribution is 6.09. The Morgan fingerprint density at radius 1 is 0.939 bits per heavy atom. The second kappa shape index (κ2) is 18.7. The predicted octanol–water partition coefficient (Wildman–Crippen LogP) is 7.21. The van der Waals surface area contributed by atoms with Gasteiger partial charge in [0.15, 0.2) is 5.82 Å². The van der Waals surface area contributed by atoms with Gasteiger partial charge in [-0.15, -0.1) is 0 Å². The van der Waals surface area contributed by atoms with Crippen molar-refractivity contribution in [1.29, 1.82) is 0 Å². The molecule has 1 unspecified atom stereocenters. The number of likely N-dealkylation sites (tertiary alicyclic amines) is 3. The largest absolute Gasteiger partial charge is 0.369 e. The molecule has 0 bridgehead atoms. The summed E-state index contributed by atoms with van der Waals surface area (Å²) in [6, 6.07) is 11.6. The monoisotopic (exact) mass is 903 g/mol. The molecule has 9 rings (SSSR count). The minimum atomic E-state index is -0.734. The summed E-state index contributed by atoms with van der Waals surface area (Å²) >= 11 is 0. The Bertz CT molecular complexity index is 2500. The van der Waals surface area contributed by atoms with Gasteiger partial charge in [-0.1, -0.05) is 18.6 Å². The first-order valence-electron chi connectivity index (χ1n) is 24.5. The van der Waals surface area contributed by atoms with Gasteiger partial charge in [-0.25, -0.2) is 14.4 Å². The normalized spacial score (nSPS) is 22.3. The highest BCUT2D eigenvalue weighted by Crippen LogP contribution is 2.52. The molecular weight excluding hydrogens is 836 g/mol. The fourth-order valence-corrected chi connectivity index (χ4v) is 11.5. The molecule has 352 valence electrons. The summed E-state index contributed by atoms with van der Waals surface area (Å²) in [4.78, 5) is 72.4. The zero-order valence-corrected chi connectivity index (χ0v) is 39.4. The third kappa shape index (κ3) is 8.92. The van der Waals surface area contributed by atoms with Crippen molar-refractivity contribution in [2.75, 3.05) is 56.0 Å². The van der Waals surface area contributed by atoms with Gasteiger partial charge >= 0.3 is 0 Å². The van der Waals surface area contributed by atoms with E-state index in [1.165, 1.54) is 25.3 Å². The number of anilines is 3. The highest BCUT2D eigenvalue weighted by Gasteiger charge is 2.56. The molecule has 0 radical (unpaired) electrons. The molecule has 15 heteroatoms. The minimum absolute atomic E-state index is 0.0320. The number of fused-ring (bicyclic) bond motifs is 3. The van der Waals surface area contributed by atoms with Crippen molar-refractivity contribution in [2.24, 2.45) is 11.7 Å². The molecule has 4 N–H and O–H groups in total. The van der Waals surface area contributed by atoms with E-state index < -0.39 is 11.2 Å². The molecule has 4 aromatic rings. The molecule has 2 aromatic heterocycles. The summed E-state index contributed by atoms with van der Waals surface area (Å²) in [5, 5.41) is 6.20. The highest BCUT2D eigenvalue weighted by atomic mass is 19.1. The Morgan fingerprint density at radius 3 is 2.41 bits per heavy atom. The lowest BCUT2D eigenvalue weighted by atomic mass is 9.73. The van der Waals surface area contributed by atoms with Crippen LogP contribution < -0.4 is 21.3 Å². The number of nitrogens with one attached hydrogen (secondary N) is 2. The second-order valence-corrected chi connectivity index (χ2v) is 20.4. The Labute approximate surface area is 387 Å². The number of imidazole rings is 1. The first kappa shape index (κ1) is 45.7. The molecule has 3 saturated heterocycles. The third-order valence-electron chi connectivity index (χ3n) is 15.1. The average molecular weight is 903 g/mol. The van der Waals surface area contributed by atoms with Crippen LogP contribution in [-0.2, 0) is 19.8 Å². The molecule has 1 saturated carbocycles. The van der Waals surface area contributed by atoms with Crippen molar-refractivity contribution in [2.45, 2.75) is 135 Å². The summed E-state index contributed by atoms with van der Waals surface area (Å²) in [5.41, 5.74) is 10.5. The lowest BCUT2D eigenvalue weighted by molar-refractivity contribution is -0.136. The van der Waals surface area contributed by atoms with Crippen molar-refractivity contribution in [1.82, 2.24) is 34.6 Å². The zero-order valence-electron chi connectivity index (χ0n) is 39.4. The number of amides is 4. The molecular formula is C51H67FN10O4. The van der Waals surface area contributed by atoms with Crippen LogP contribution in [0.4, 0.5) is 21.6 Å². The molecule has 1 aliphatic carbocycles. The molecule has 1 atom stereocenters. The molecule has 14 nitrogen and oxygen atoms in total. The van der Waals surface area contributed by atoms with Crippen LogP contribution in [0.3, 0.4) is 0 Å². The topological polar surface area (TPSA) is 162 Å². The SMILES string of the molecule is Cc1cc(F)c(Nc2nc(-c3ccc4c(c3)N([C@H]3C[C@@H](N5CCCCC5)C3)C(=O)C43CCN(C(=O)CCC4CCCN(CC(N)=O)C4)CC3)cc3ncn(C(C)C)c23)cc1C(=O)NC(C)C. The standard InChI is InChI=1S/C51H67FN10O4/c1-31(2)55-49(65)38-26-42(40(52)22-33(38)5)57-48-47-43(54-30-61(47)32(3)4)27-41(56-48)35-12-13-39-44(23-35)62(37-24-36(25-37)59-18-7-6-8-19-59)50(66)51(39)15-20-60(21-16-51)46(64)14-11-34-10-9-17-58(28-34)29-45(53)63/h12-13,22-23,26-27,30-32,34,36-37H,6-11,14-21,24-25,28-29H2,1-5H3,(H2,53,63)(H,55,65)(H,56,57)/t34?,36-,37+. The summed E-state index contributed by atoms with van der Waals surface area (Å²) in [6.07, 6.45) is 11.7. The number of nitrogens with two attached hydrogens (primary N) is 1. The van der Waals surface area contributed by atoms with Gasteiger partial charge < -0.3 is 35.6 Å². The number of pyridine rings is 1. The maximum atomic E-state index is 15.8. The summed E-state index contributed by atoms with van der Waals surface area (Å²) in [7, 11) is 0. The van der Waals surface area contributed by atoms with Gasteiger partial charge in [-0.3, -0.25) is 24.1 Å². The van der Waals surface area contributed by atoms with Gasteiger partial charge in [0.05, 0.1) is 35.2 Å². The molecule has 4 amide bonds. The summed E-state index contributed by atoms with van der Waals surface area (Å²) in [5.74, 6) is -0.0806. The van der Waals surface area contributed by atoms with E-state index >= 15 is 9.18 Å². The van der Waals surface area contributed by atoms with E-state index in [0.29, 0.717) is 78.0 Å². The van der Waals surface area contributed by atoms with Crippen molar-refractivity contribution < 1.29 is 23.6 Å². The minimum Gasteiger partial charge on any atom is -0.369 e. The van der Waals surface area contributed by atoms with Gasteiger partial charge in [0.2, 0.25) is 17.7 Å². The Hall–Kier alpha value is -5.41. The number of carbonyl (C=O) groups is 4. The van der Waals surface area contributed by atoms with Gasteiger partial charge in [-0.2, -0.15) is 0 Å². The van der Waals surface area contributed by atoms with Crippen LogP contribution in [0.5, 0.6) is 0 Å². The molecule has 4 fully saturated rings. The number of primary amides is 1. The maximum Gasteiger partial charge on any atom is 0.251 e. The lowest BCUT2D eigenvalue weighted by Crippen LogP contribution is -2.58. The number of nitrogens with zero attached hydrogens (tertiary/aromatic N) is 7. The lowest BCUT2D eigenvalue weighted by Gasteiger charge is -2.48. The van der Waals surface area contributed by atoms with Crippen molar-refractivity contribution in [3.8, 4) is 11.3 Å². The van der Waals surface area contributed by atoms with E-state index in [1.807, 2.05) is 35.4 Å². The number of benzene rings is 2. The number of hydrogen-bond donors (Lipinski definition) is 3. The summed E-state index contributed by atoms with van der Waals surface area (Å²) < 4.78 is 17.8. The average Bonchev–Trinajstić information content (AvgIpc) is 3.80. The van der Waals surface area contributed by atoms with Crippen molar-refractivity contribution in [3.05, 3.63) is 65.2 Å². The number of aryl methyl sites for hydroxylation is 1. The molecule has 5 aliphatic rings. The smallest absolute Gasteiger partial charge is 0.251 e. The molecule has 4 aliphatic heterocycles. The second-order valence-electron chi connectivity index (χ2n) is 20.4. The van der Waals surface area contributed by atoms with Crippen LogP contribution in [0.15, 0.2) is 42.7 Å². The Balaban J connectivity index is 1.01. The van der Waals surface area contributed by atoms with Crippen molar-refractivity contribution in [3.63, 3.8) is 0 Å². The zero-order chi connectivity index (χ0) is 46.4. The van der Waals surface area contributed by atoms with E-state index in [0.717, 1.165) is 75.1 Å². The van der Waals surface area contributed by atoms with E-state index in [4.69, 9.17) is 15.7 Å². The van der Waals surface area contributed by atoms with Crippen LogP contribution in [0.25, 0.3) is 22.3 Å². The Morgan fingerprint density at radius 2 is 1.70 bits per heavy atom. The van der Waals surface area contributed by atoms with E-state index in [9.17, 15) is 14.4 Å². The number of piperidine rings is 3. The van der Waals surface area contributed by atoms with E-state index in [2.05, 4.69) is 51.3 Å². The van der Waals surface area contributed by atoms with Gasteiger partial charge in [-0.05, 0) is 153 Å². The van der Waals surface area contributed by atoms with Gasteiger partial charge in [0.1, 0.15) is 11.3 Å². The number of rotatable bonds is 13. The molecule has 6 heterocycles. The maximum absolute atomic E-state index is 15.8. The number of hydrogen-bond acceptors (Lipinski definition) is 9. The fourth-order valence-electron chi connectivity index (χ4n) is 11.5. The fraction of sp³-hybridized carbons (Fsp3) is 0.569. The van der Waals surface area contributed by atoms with Crippen LogP contribution in [-0.4, -0.2) is 117 Å². The van der Waals surface area contributed by atoms with Crippen LogP contribution in [0, 0.1) is 18.7 Å². The number of aromatic nitrogens is 3. The Kier molecular flexibility index (Phi) is 13.0. The van der Waals surface area contributed by atoms with Crippen LogP contribution in [0.2, 0.25) is 0 Å². The first-order valence-corrected chi connectivity index (χ1v) is 24.5. The first-order chi connectivity index (χ1) is 31.7. The molecule has 2 aromatic carbocycles. The van der Waals surface area contributed by atoms with Crippen molar-refractivity contribution >= 4 is 51.9 Å². The van der Waals surface area contributed by atoms with E-state index in [1.54, 1.807) is 19.3 Å². The quantitative estimate of drug-likeness (QED) is 0.126. The van der Waals surface area contributed by atoms with Crippen LogP contribution in [0.1, 0.15) is 126 Å². The molecule has 1 spiro atoms.